The van der Waals surface area contributed by atoms with Gasteiger partial charge in [-0.2, -0.15) is 0 Å². The summed E-state index contributed by atoms with van der Waals surface area (Å²) in [6.45, 7) is 4.14. The van der Waals surface area contributed by atoms with Gasteiger partial charge in [-0.3, -0.25) is 4.79 Å². The maximum Gasteiger partial charge on any atom is 0.223 e. The molecule has 1 aliphatic heterocycles. The summed E-state index contributed by atoms with van der Waals surface area (Å²) in [6, 6.07) is 0. The van der Waals surface area contributed by atoms with Crippen molar-refractivity contribution in [2.45, 2.75) is 45.4 Å². The second-order valence-electron chi connectivity index (χ2n) is 6.32. The van der Waals surface area contributed by atoms with Crippen LogP contribution in [0.3, 0.4) is 0 Å². The molecule has 1 saturated heterocycles. The fraction of sp³-hybridized carbons (Fsp3) is 0.933. The molecule has 1 saturated carbocycles. The average molecular weight is 269 g/mol. The van der Waals surface area contributed by atoms with Gasteiger partial charge in [-0.05, 0) is 31.6 Å². The summed E-state index contributed by atoms with van der Waals surface area (Å²) in [6.07, 6.45) is 6.57. The molecule has 2 aliphatic rings. The maximum atomic E-state index is 12.2. The van der Waals surface area contributed by atoms with E-state index in [2.05, 4.69) is 5.32 Å². The smallest absolute Gasteiger partial charge is 0.223 e. The molecule has 0 aromatic carbocycles. The molecule has 1 amide bonds. The van der Waals surface area contributed by atoms with Gasteiger partial charge in [-0.15, -0.1) is 0 Å². The van der Waals surface area contributed by atoms with Crippen LogP contribution < -0.4 is 5.32 Å². The predicted molar refractivity (Wildman–Crippen MR) is 73.7 cm³/mol. The maximum absolute atomic E-state index is 12.2. The minimum absolute atomic E-state index is 0.109. The van der Waals surface area contributed by atoms with Gasteiger partial charge in [0.2, 0.25) is 5.91 Å². The molecule has 1 heterocycles. The van der Waals surface area contributed by atoms with Crippen molar-refractivity contribution in [2.75, 3.05) is 26.4 Å². The van der Waals surface area contributed by atoms with Crippen molar-refractivity contribution < 1.29 is 14.6 Å². The summed E-state index contributed by atoms with van der Waals surface area (Å²) in [5.74, 6) is 0.823. The number of aliphatic hydroxyl groups excluding tert-OH is 1. The Hall–Kier alpha value is -0.610. The molecule has 4 nitrogen and oxygen atoms in total. The molecule has 0 aromatic heterocycles. The van der Waals surface area contributed by atoms with E-state index in [1.54, 1.807) is 0 Å². The molecular weight excluding hydrogens is 242 g/mol. The van der Waals surface area contributed by atoms with Crippen molar-refractivity contribution in [1.29, 1.82) is 0 Å². The van der Waals surface area contributed by atoms with Gasteiger partial charge in [0.15, 0.2) is 0 Å². The summed E-state index contributed by atoms with van der Waals surface area (Å²) in [5, 5.41) is 12.7. The van der Waals surface area contributed by atoms with Crippen LogP contribution in [0.15, 0.2) is 0 Å². The highest BCUT2D eigenvalue weighted by Crippen LogP contribution is 2.32. The number of carbonyl (C=O) groups is 1. The first kappa shape index (κ1) is 14.8. The van der Waals surface area contributed by atoms with E-state index >= 15 is 0 Å². The van der Waals surface area contributed by atoms with Crippen LogP contribution in [0.5, 0.6) is 0 Å². The Balaban J connectivity index is 1.81. The summed E-state index contributed by atoms with van der Waals surface area (Å²) < 4.78 is 5.34. The molecular formula is C15H27NO3. The molecule has 2 rings (SSSR count). The van der Waals surface area contributed by atoms with Crippen LogP contribution in [0.2, 0.25) is 0 Å². The van der Waals surface area contributed by atoms with Crippen molar-refractivity contribution in [3.63, 3.8) is 0 Å². The van der Waals surface area contributed by atoms with E-state index in [0.717, 1.165) is 12.8 Å². The number of hydrogen-bond acceptors (Lipinski definition) is 3. The number of rotatable bonds is 5. The van der Waals surface area contributed by atoms with Crippen LogP contribution in [0, 0.1) is 17.3 Å². The Morgan fingerprint density at radius 1 is 1.37 bits per heavy atom. The Morgan fingerprint density at radius 3 is 2.58 bits per heavy atom. The molecule has 110 valence electrons. The van der Waals surface area contributed by atoms with Crippen LogP contribution >= 0.6 is 0 Å². The number of hydrogen-bond donors (Lipinski definition) is 2. The molecule has 1 aliphatic carbocycles. The van der Waals surface area contributed by atoms with Crippen LogP contribution in [-0.4, -0.2) is 37.4 Å². The van der Waals surface area contributed by atoms with Crippen molar-refractivity contribution in [1.82, 2.24) is 5.32 Å². The molecule has 19 heavy (non-hydrogen) atoms. The van der Waals surface area contributed by atoms with E-state index in [1.807, 2.05) is 6.92 Å². The lowest BCUT2D eigenvalue weighted by atomic mass is 9.80. The lowest BCUT2D eigenvalue weighted by Crippen LogP contribution is -2.45. The molecule has 0 radical (unpaired) electrons. The number of nitrogens with one attached hydrogen (secondary N) is 1. The van der Waals surface area contributed by atoms with Crippen molar-refractivity contribution in [3.05, 3.63) is 0 Å². The van der Waals surface area contributed by atoms with E-state index in [0.29, 0.717) is 25.7 Å². The first-order chi connectivity index (χ1) is 9.17. The highest BCUT2D eigenvalue weighted by atomic mass is 16.5. The zero-order valence-electron chi connectivity index (χ0n) is 12.0. The fourth-order valence-electron chi connectivity index (χ4n) is 3.30. The van der Waals surface area contributed by atoms with Gasteiger partial charge in [-0.1, -0.05) is 19.8 Å². The predicted octanol–water partition coefficient (Wildman–Crippen LogP) is 1.72. The van der Waals surface area contributed by atoms with Gasteiger partial charge >= 0.3 is 0 Å². The second-order valence-corrected chi connectivity index (χ2v) is 6.32. The Bertz CT molecular complexity index is 294. The standard InChI is InChI=1S/C15H27NO3/c1-12(13-4-2-3-5-13)14(18)16-10-15(11-17)6-8-19-9-7-15/h12-13,17H,2-11H2,1H3,(H,16,18). The van der Waals surface area contributed by atoms with E-state index in [9.17, 15) is 9.90 Å². The summed E-state index contributed by atoms with van der Waals surface area (Å²) in [4.78, 5) is 12.2. The zero-order valence-corrected chi connectivity index (χ0v) is 12.0. The SMILES string of the molecule is CC(C(=O)NCC1(CO)CCOCC1)C1CCCC1. The van der Waals surface area contributed by atoms with Gasteiger partial charge in [0, 0.05) is 31.1 Å². The Labute approximate surface area is 115 Å². The second kappa shape index (κ2) is 6.71. The summed E-state index contributed by atoms with van der Waals surface area (Å²) in [7, 11) is 0. The molecule has 1 unspecified atom stereocenters. The first-order valence-corrected chi connectivity index (χ1v) is 7.63. The molecule has 1 atom stereocenters. The molecule has 2 N–H and O–H groups in total. The van der Waals surface area contributed by atoms with Gasteiger partial charge in [0.1, 0.15) is 0 Å². The number of ether oxygens (including phenoxy) is 1. The monoisotopic (exact) mass is 269 g/mol. The summed E-state index contributed by atoms with van der Waals surface area (Å²) >= 11 is 0. The fourth-order valence-corrected chi connectivity index (χ4v) is 3.30. The highest BCUT2D eigenvalue weighted by Gasteiger charge is 2.34. The first-order valence-electron chi connectivity index (χ1n) is 7.63. The quantitative estimate of drug-likeness (QED) is 0.799. The zero-order chi connectivity index (χ0) is 13.7. The van der Waals surface area contributed by atoms with E-state index in [4.69, 9.17) is 4.74 Å². The highest BCUT2D eigenvalue weighted by molar-refractivity contribution is 5.78. The van der Waals surface area contributed by atoms with E-state index in [1.165, 1.54) is 25.7 Å². The van der Waals surface area contributed by atoms with Crippen LogP contribution in [-0.2, 0) is 9.53 Å². The van der Waals surface area contributed by atoms with Gasteiger partial charge in [0.05, 0.1) is 6.61 Å². The third-order valence-corrected chi connectivity index (χ3v) is 5.05. The third kappa shape index (κ3) is 3.69. The Morgan fingerprint density at radius 2 is 2.00 bits per heavy atom. The molecule has 0 spiro atoms. The van der Waals surface area contributed by atoms with E-state index in [-0.39, 0.29) is 23.8 Å². The van der Waals surface area contributed by atoms with Gasteiger partial charge < -0.3 is 15.2 Å². The van der Waals surface area contributed by atoms with Crippen LogP contribution in [0.1, 0.15) is 45.4 Å². The Kier molecular flexibility index (Phi) is 5.22. The number of amides is 1. The molecule has 0 aromatic rings. The molecule has 2 fully saturated rings. The van der Waals surface area contributed by atoms with Gasteiger partial charge in [0.25, 0.3) is 0 Å². The molecule has 0 bridgehead atoms. The minimum Gasteiger partial charge on any atom is -0.396 e. The van der Waals surface area contributed by atoms with Crippen LogP contribution in [0.4, 0.5) is 0 Å². The van der Waals surface area contributed by atoms with Crippen molar-refractivity contribution in [2.24, 2.45) is 17.3 Å². The normalized spacial score (nSPS) is 25.2. The lowest BCUT2D eigenvalue weighted by Gasteiger charge is -2.36. The lowest BCUT2D eigenvalue weighted by molar-refractivity contribution is -0.127. The topological polar surface area (TPSA) is 58.6 Å². The van der Waals surface area contributed by atoms with Crippen LogP contribution in [0.25, 0.3) is 0 Å². The van der Waals surface area contributed by atoms with Crippen molar-refractivity contribution >= 4 is 5.91 Å². The molecule has 4 heteroatoms. The third-order valence-electron chi connectivity index (χ3n) is 5.05. The largest absolute Gasteiger partial charge is 0.396 e. The minimum atomic E-state index is -0.163. The average Bonchev–Trinajstić information content (AvgIpc) is 2.99. The van der Waals surface area contributed by atoms with Gasteiger partial charge in [-0.25, -0.2) is 0 Å². The van der Waals surface area contributed by atoms with Crippen molar-refractivity contribution in [3.8, 4) is 0 Å². The van der Waals surface area contributed by atoms with E-state index < -0.39 is 0 Å². The summed E-state index contributed by atoms with van der Waals surface area (Å²) in [5.41, 5.74) is -0.163. The number of aliphatic hydroxyl groups is 1. The number of carbonyl (C=O) groups excluding carboxylic acids is 1.